The Hall–Kier alpha value is -1.77. The SMILES string of the molecule is CCCC(C)CCCC(CCC)CCCc1ccc(-c2cc(F)c(F)c(F)c2)cc1. The van der Waals surface area contributed by atoms with Crippen LogP contribution in [0.25, 0.3) is 11.1 Å². The van der Waals surface area contributed by atoms with Crippen LogP contribution in [0.4, 0.5) is 13.2 Å². The van der Waals surface area contributed by atoms with Gasteiger partial charge in [-0.1, -0.05) is 96.4 Å². The Labute approximate surface area is 180 Å². The van der Waals surface area contributed by atoms with Crippen LogP contribution in [0.1, 0.15) is 84.1 Å². The molecule has 0 aliphatic heterocycles. The highest BCUT2D eigenvalue weighted by molar-refractivity contribution is 5.63. The lowest BCUT2D eigenvalue weighted by Gasteiger charge is -2.17. The number of hydrogen-bond donors (Lipinski definition) is 0. The number of hydrogen-bond acceptors (Lipinski definition) is 0. The van der Waals surface area contributed by atoms with Gasteiger partial charge in [-0.3, -0.25) is 0 Å². The normalized spacial score (nSPS) is 13.4. The van der Waals surface area contributed by atoms with Gasteiger partial charge in [0.1, 0.15) is 0 Å². The summed E-state index contributed by atoms with van der Waals surface area (Å²) < 4.78 is 40.1. The standard InChI is InChI=1S/C27H37F3/c1-4-8-20(3)10-6-11-21(9-5-2)12-7-13-22-14-16-23(17-15-22)24-18-25(28)27(30)26(29)19-24/h14-21H,4-13H2,1-3H3. The van der Waals surface area contributed by atoms with E-state index in [0.717, 1.165) is 36.8 Å². The fourth-order valence-corrected chi connectivity index (χ4v) is 4.41. The molecular formula is C27H37F3. The smallest absolute Gasteiger partial charge is 0.194 e. The van der Waals surface area contributed by atoms with E-state index in [4.69, 9.17) is 0 Å². The molecule has 2 unspecified atom stereocenters. The van der Waals surface area contributed by atoms with Crippen LogP contribution >= 0.6 is 0 Å². The minimum atomic E-state index is -1.42. The maximum absolute atomic E-state index is 13.5. The van der Waals surface area contributed by atoms with Crippen molar-refractivity contribution < 1.29 is 13.2 Å². The molecule has 2 aromatic rings. The Morgan fingerprint density at radius 2 is 1.30 bits per heavy atom. The minimum absolute atomic E-state index is 0.360. The van der Waals surface area contributed by atoms with Crippen LogP contribution < -0.4 is 0 Å². The van der Waals surface area contributed by atoms with E-state index in [9.17, 15) is 13.2 Å². The zero-order chi connectivity index (χ0) is 21.9. The van der Waals surface area contributed by atoms with Gasteiger partial charge in [0.2, 0.25) is 0 Å². The van der Waals surface area contributed by atoms with Crippen LogP contribution in [0.3, 0.4) is 0 Å². The second-order valence-electron chi connectivity index (χ2n) is 8.82. The molecule has 0 fully saturated rings. The first-order valence-electron chi connectivity index (χ1n) is 11.7. The van der Waals surface area contributed by atoms with Gasteiger partial charge in [-0.2, -0.15) is 0 Å². The molecule has 30 heavy (non-hydrogen) atoms. The number of halogens is 3. The van der Waals surface area contributed by atoms with E-state index >= 15 is 0 Å². The topological polar surface area (TPSA) is 0 Å². The molecule has 0 spiro atoms. The summed E-state index contributed by atoms with van der Waals surface area (Å²) in [5.41, 5.74) is 2.29. The highest BCUT2D eigenvalue weighted by atomic mass is 19.2. The molecule has 0 aliphatic carbocycles. The summed E-state index contributed by atoms with van der Waals surface area (Å²) in [6.07, 6.45) is 12.6. The van der Waals surface area contributed by atoms with Crippen LogP contribution in [0.15, 0.2) is 36.4 Å². The van der Waals surface area contributed by atoms with Crippen molar-refractivity contribution in [2.24, 2.45) is 11.8 Å². The molecular weight excluding hydrogens is 381 g/mol. The molecule has 0 aromatic heterocycles. The van der Waals surface area contributed by atoms with E-state index in [2.05, 4.69) is 20.8 Å². The summed E-state index contributed by atoms with van der Waals surface area (Å²) in [5, 5.41) is 0. The molecule has 2 rings (SSSR count). The van der Waals surface area contributed by atoms with E-state index in [-0.39, 0.29) is 0 Å². The molecule has 0 N–H and O–H groups in total. The van der Waals surface area contributed by atoms with Gasteiger partial charge in [0.05, 0.1) is 0 Å². The van der Waals surface area contributed by atoms with E-state index in [1.807, 2.05) is 24.3 Å². The van der Waals surface area contributed by atoms with Crippen molar-refractivity contribution in [2.75, 3.05) is 0 Å². The zero-order valence-corrected chi connectivity index (χ0v) is 18.8. The van der Waals surface area contributed by atoms with Crippen molar-refractivity contribution in [3.05, 3.63) is 59.4 Å². The highest BCUT2D eigenvalue weighted by Crippen LogP contribution is 2.26. The van der Waals surface area contributed by atoms with Gasteiger partial charge >= 0.3 is 0 Å². The largest absolute Gasteiger partial charge is 0.204 e. The summed E-state index contributed by atoms with van der Waals surface area (Å²) in [5.74, 6) is -2.07. The van der Waals surface area contributed by atoms with Crippen molar-refractivity contribution in [2.45, 2.75) is 85.0 Å². The predicted octanol–water partition coefficient (Wildman–Crippen LogP) is 9.12. The summed E-state index contributed by atoms with van der Waals surface area (Å²) >= 11 is 0. The van der Waals surface area contributed by atoms with E-state index in [0.29, 0.717) is 11.1 Å². The second kappa shape index (κ2) is 12.8. The third kappa shape index (κ3) is 7.81. The first-order valence-corrected chi connectivity index (χ1v) is 11.7. The second-order valence-corrected chi connectivity index (χ2v) is 8.82. The summed E-state index contributed by atoms with van der Waals surface area (Å²) in [6, 6.07) is 9.83. The fourth-order valence-electron chi connectivity index (χ4n) is 4.41. The molecule has 3 heteroatoms. The Morgan fingerprint density at radius 1 is 0.700 bits per heavy atom. The number of aryl methyl sites for hydroxylation is 1. The molecule has 166 valence electrons. The molecule has 0 radical (unpaired) electrons. The monoisotopic (exact) mass is 418 g/mol. The molecule has 0 bridgehead atoms. The van der Waals surface area contributed by atoms with E-state index < -0.39 is 17.5 Å². The minimum Gasteiger partial charge on any atom is -0.204 e. The first kappa shape index (κ1) is 24.5. The van der Waals surface area contributed by atoms with Gasteiger partial charge in [0.15, 0.2) is 17.5 Å². The maximum Gasteiger partial charge on any atom is 0.194 e. The quantitative estimate of drug-likeness (QED) is 0.284. The first-order chi connectivity index (χ1) is 14.4. The van der Waals surface area contributed by atoms with Crippen molar-refractivity contribution in [1.82, 2.24) is 0 Å². The van der Waals surface area contributed by atoms with Crippen molar-refractivity contribution >= 4 is 0 Å². The van der Waals surface area contributed by atoms with E-state index in [1.165, 1.54) is 56.9 Å². The maximum atomic E-state index is 13.5. The lowest BCUT2D eigenvalue weighted by atomic mass is 9.89. The van der Waals surface area contributed by atoms with Gasteiger partial charge < -0.3 is 0 Å². The van der Waals surface area contributed by atoms with Crippen LogP contribution in [-0.2, 0) is 6.42 Å². The predicted molar refractivity (Wildman–Crippen MR) is 121 cm³/mol. The van der Waals surface area contributed by atoms with Crippen LogP contribution in [-0.4, -0.2) is 0 Å². The van der Waals surface area contributed by atoms with Crippen LogP contribution in [0.2, 0.25) is 0 Å². The van der Waals surface area contributed by atoms with Gasteiger partial charge in [-0.25, -0.2) is 13.2 Å². The molecule has 0 amide bonds. The zero-order valence-electron chi connectivity index (χ0n) is 18.8. The molecule has 0 saturated carbocycles. The summed E-state index contributed by atoms with van der Waals surface area (Å²) in [6.45, 7) is 6.91. The van der Waals surface area contributed by atoms with Crippen molar-refractivity contribution in [3.63, 3.8) is 0 Å². The molecule has 0 nitrogen and oxygen atoms in total. The Bertz CT molecular complexity index is 728. The van der Waals surface area contributed by atoms with Gasteiger partial charge in [-0.15, -0.1) is 0 Å². The van der Waals surface area contributed by atoms with E-state index in [1.54, 1.807) is 0 Å². The van der Waals surface area contributed by atoms with Gasteiger partial charge in [0.25, 0.3) is 0 Å². The number of benzene rings is 2. The van der Waals surface area contributed by atoms with Crippen LogP contribution in [0.5, 0.6) is 0 Å². The third-order valence-electron chi connectivity index (χ3n) is 6.14. The molecule has 0 saturated heterocycles. The lowest BCUT2D eigenvalue weighted by Crippen LogP contribution is -2.03. The summed E-state index contributed by atoms with van der Waals surface area (Å²) in [4.78, 5) is 0. The Kier molecular flexibility index (Phi) is 10.5. The van der Waals surface area contributed by atoms with Crippen molar-refractivity contribution in [3.8, 4) is 11.1 Å². The fraction of sp³-hybridized carbons (Fsp3) is 0.556. The number of rotatable bonds is 13. The molecule has 0 aliphatic rings. The van der Waals surface area contributed by atoms with Gasteiger partial charge in [0, 0.05) is 0 Å². The Morgan fingerprint density at radius 3 is 1.90 bits per heavy atom. The third-order valence-corrected chi connectivity index (χ3v) is 6.14. The lowest BCUT2D eigenvalue weighted by molar-refractivity contribution is 0.364. The van der Waals surface area contributed by atoms with Crippen LogP contribution in [0, 0.1) is 29.3 Å². The highest BCUT2D eigenvalue weighted by Gasteiger charge is 2.12. The summed E-state index contributed by atoms with van der Waals surface area (Å²) in [7, 11) is 0. The van der Waals surface area contributed by atoms with Gasteiger partial charge in [-0.05, 0) is 53.5 Å². The average Bonchev–Trinajstić information content (AvgIpc) is 2.72. The Balaban J connectivity index is 1.83. The molecule has 2 aromatic carbocycles. The molecule has 0 heterocycles. The molecule has 2 atom stereocenters. The average molecular weight is 419 g/mol. The van der Waals surface area contributed by atoms with Crippen molar-refractivity contribution in [1.29, 1.82) is 0 Å².